The molecule has 0 bridgehead atoms. The first-order valence-electron chi connectivity index (χ1n) is 8.54. The smallest absolute Gasteiger partial charge is 0.251 e. The number of benzene rings is 2. The average Bonchev–Trinajstić information content (AvgIpc) is 2.67. The molecule has 2 rings (SSSR count). The van der Waals surface area contributed by atoms with E-state index in [2.05, 4.69) is 10.0 Å². The highest BCUT2D eigenvalue weighted by Gasteiger charge is 2.22. The third kappa shape index (κ3) is 6.51. The molecule has 0 aliphatic rings. The molecule has 0 saturated heterocycles. The van der Waals surface area contributed by atoms with Crippen molar-refractivity contribution in [2.24, 2.45) is 0 Å². The molecule has 0 saturated carbocycles. The van der Waals surface area contributed by atoms with Gasteiger partial charge in [0.25, 0.3) is 5.91 Å². The topological polar surface area (TPSA) is 113 Å². The lowest BCUT2D eigenvalue weighted by Crippen LogP contribution is -2.34. The highest BCUT2D eigenvalue weighted by molar-refractivity contribution is 7.89. The fraction of sp³-hybridized carbons (Fsp3) is 0.278. The molecule has 29 heavy (non-hydrogen) atoms. The molecular weight excluding hydrogens is 438 g/mol. The van der Waals surface area contributed by atoms with Crippen molar-refractivity contribution in [2.75, 3.05) is 26.4 Å². The molecule has 0 spiro atoms. The Bertz CT molecular complexity index is 1070. The molecule has 2 N–H and O–H groups in total. The highest BCUT2D eigenvalue weighted by Crippen LogP contribution is 2.24. The van der Waals surface area contributed by atoms with Gasteiger partial charge in [-0.25, -0.2) is 25.9 Å². The highest BCUT2D eigenvalue weighted by atomic mass is 35.5. The number of amides is 1. The van der Waals surface area contributed by atoms with Crippen LogP contribution in [-0.4, -0.2) is 53.4 Å². The molecule has 2 aromatic rings. The molecule has 0 unspecified atom stereocenters. The molecule has 11 heteroatoms. The Balaban J connectivity index is 1.97. The Hall–Kier alpha value is -1.98. The first-order valence-corrected chi connectivity index (χ1v) is 12.0. The molecule has 2 aromatic carbocycles. The minimum absolute atomic E-state index is 0.0112. The molecule has 0 aliphatic carbocycles. The number of hydrogen-bond acceptors (Lipinski definition) is 5. The molecule has 0 radical (unpaired) electrons. The van der Waals surface area contributed by atoms with Crippen LogP contribution in [0, 0.1) is 0 Å². The summed E-state index contributed by atoms with van der Waals surface area (Å²) >= 11 is 5.95. The van der Waals surface area contributed by atoms with E-state index in [9.17, 15) is 21.6 Å². The van der Waals surface area contributed by atoms with Crippen LogP contribution in [0.15, 0.2) is 53.4 Å². The van der Waals surface area contributed by atoms with Crippen LogP contribution in [-0.2, 0) is 26.6 Å². The average molecular weight is 460 g/mol. The van der Waals surface area contributed by atoms with Gasteiger partial charge in [-0.15, -0.1) is 0 Å². The van der Waals surface area contributed by atoms with Gasteiger partial charge in [-0.05, 0) is 23.8 Å². The van der Waals surface area contributed by atoms with Crippen LogP contribution in [0.25, 0.3) is 0 Å². The van der Waals surface area contributed by atoms with E-state index in [0.717, 1.165) is 15.9 Å². The van der Waals surface area contributed by atoms with Crippen LogP contribution in [0.1, 0.15) is 15.9 Å². The molecule has 0 atom stereocenters. The third-order valence-electron chi connectivity index (χ3n) is 3.95. The van der Waals surface area contributed by atoms with Gasteiger partial charge in [0.2, 0.25) is 20.0 Å². The summed E-state index contributed by atoms with van der Waals surface area (Å²) in [6, 6.07) is 12.9. The number of carbonyl (C=O) groups excluding carboxylic acids is 1. The van der Waals surface area contributed by atoms with Crippen LogP contribution < -0.4 is 10.0 Å². The van der Waals surface area contributed by atoms with Crippen LogP contribution in [0.5, 0.6) is 0 Å². The molecule has 158 valence electrons. The van der Waals surface area contributed by atoms with E-state index in [1.54, 1.807) is 24.3 Å². The summed E-state index contributed by atoms with van der Waals surface area (Å²) in [5, 5.41) is 2.46. The number of carbonyl (C=O) groups is 1. The van der Waals surface area contributed by atoms with Crippen molar-refractivity contribution in [3.05, 3.63) is 64.7 Å². The van der Waals surface area contributed by atoms with E-state index in [-0.39, 0.29) is 34.3 Å². The molecule has 0 fully saturated rings. The van der Waals surface area contributed by atoms with E-state index < -0.39 is 26.0 Å². The van der Waals surface area contributed by atoms with Gasteiger partial charge in [0.15, 0.2) is 0 Å². The van der Waals surface area contributed by atoms with Crippen molar-refractivity contribution >= 4 is 37.6 Å². The molecule has 0 aliphatic heterocycles. The van der Waals surface area contributed by atoms with E-state index in [0.29, 0.717) is 0 Å². The summed E-state index contributed by atoms with van der Waals surface area (Å²) in [6.07, 6.45) is 0. The Morgan fingerprint density at radius 3 is 2.31 bits per heavy atom. The fourth-order valence-corrected chi connectivity index (χ4v) is 4.60. The number of rotatable bonds is 9. The lowest BCUT2D eigenvalue weighted by molar-refractivity contribution is 0.0956. The van der Waals surface area contributed by atoms with Crippen molar-refractivity contribution in [3.63, 3.8) is 0 Å². The van der Waals surface area contributed by atoms with Gasteiger partial charge in [0, 0.05) is 32.7 Å². The number of halogens is 1. The monoisotopic (exact) mass is 459 g/mol. The van der Waals surface area contributed by atoms with E-state index in [1.165, 1.54) is 26.2 Å². The predicted molar refractivity (Wildman–Crippen MR) is 112 cm³/mol. The van der Waals surface area contributed by atoms with Crippen molar-refractivity contribution in [1.82, 2.24) is 14.3 Å². The summed E-state index contributed by atoms with van der Waals surface area (Å²) in [5.41, 5.74) is 0.875. The summed E-state index contributed by atoms with van der Waals surface area (Å²) in [4.78, 5) is 12.1. The minimum Gasteiger partial charge on any atom is -0.351 e. The zero-order chi connectivity index (χ0) is 21.7. The molecular formula is C18H22ClN3O5S2. The second-order valence-corrected chi connectivity index (χ2v) is 10.8. The van der Waals surface area contributed by atoms with Crippen LogP contribution >= 0.6 is 11.6 Å². The number of sulfonamides is 2. The molecule has 0 heterocycles. The Labute approximate surface area is 176 Å². The van der Waals surface area contributed by atoms with E-state index in [4.69, 9.17) is 11.6 Å². The number of nitrogens with one attached hydrogen (secondary N) is 2. The lowest BCUT2D eigenvalue weighted by atomic mass is 10.2. The Morgan fingerprint density at radius 1 is 1.03 bits per heavy atom. The van der Waals surface area contributed by atoms with Gasteiger partial charge in [-0.1, -0.05) is 41.9 Å². The van der Waals surface area contributed by atoms with Crippen molar-refractivity contribution in [3.8, 4) is 0 Å². The molecule has 8 nitrogen and oxygen atoms in total. The van der Waals surface area contributed by atoms with Crippen molar-refractivity contribution in [1.29, 1.82) is 0 Å². The normalized spacial score (nSPS) is 12.1. The first-order chi connectivity index (χ1) is 13.5. The van der Waals surface area contributed by atoms with Gasteiger partial charge in [0.05, 0.1) is 10.8 Å². The van der Waals surface area contributed by atoms with E-state index >= 15 is 0 Å². The zero-order valence-corrected chi connectivity index (χ0v) is 18.3. The Morgan fingerprint density at radius 2 is 1.69 bits per heavy atom. The minimum atomic E-state index is -3.83. The largest absolute Gasteiger partial charge is 0.351 e. The summed E-state index contributed by atoms with van der Waals surface area (Å²) in [7, 11) is -4.72. The Kier molecular flexibility index (Phi) is 7.78. The molecule has 1 amide bonds. The quantitative estimate of drug-likeness (QED) is 0.589. The first kappa shape index (κ1) is 23.3. The maximum absolute atomic E-state index is 12.3. The number of nitrogens with zero attached hydrogens (tertiary/aromatic N) is 1. The number of hydrogen-bond donors (Lipinski definition) is 2. The predicted octanol–water partition coefficient (Wildman–Crippen LogP) is 1.44. The van der Waals surface area contributed by atoms with Crippen molar-refractivity contribution in [2.45, 2.75) is 11.4 Å². The fourth-order valence-electron chi connectivity index (χ4n) is 2.30. The van der Waals surface area contributed by atoms with Crippen LogP contribution in [0.2, 0.25) is 5.02 Å². The van der Waals surface area contributed by atoms with E-state index in [1.807, 2.05) is 6.07 Å². The van der Waals surface area contributed by atoms with Crippen LogP contribution in [0.3, 0.4) is 0 Å². The van der Waals surface area contributed by atoms with Crippen LogP contribution in [0.4, 0.5) is 0 Å². The second kappa shape index (κ2) is 9.68. The summed E-state index contributed by atoms with van der Waals surface area (Å²) < 4.78 is 52.1. The summed E-state index contributed by atoms with van der Waals surface area (Å²) in [6.45, 7) is 0.0153. The van der Waals surface area contributed by atoms with Gasteiger partial charge in [-0.3, -0.25) is 4.79 Å². The SMILES string of the molecule is CN(C)S(=O)(=O)c1cc(C(=O)NCCS(=O)(=O)NCc2ccccc2)ccc1Cl. The maximum Gasteiger partial charge on any atom is 0.251 e. The van der Waals surface area contributed by atoms with Gasteiger partial charge in [-0.2, -0.15) is 0 Å². The van der Waals surface area contributed by atoms with Gasteiger partial charge in [0.1, 0.15) is 4.90 Å². The standard InChI is InChI=1S/C18H22ClN3O5S2/c1-22(2)29(26,27)17-12-15(8-9-16(17)19)18(23)20-10-11-28(24,25)21-13-14-6-4-3-5-7-14/h3-9,12,21H,10-11,13H2,1-2H3,(H,20,23). The zero-order valence-electron chi connectivity index (χ0n) is 15.9. The van der Waals surface area contributed by atoms with Gasteiger partial charge < -0.3 is 5.32 Å². The maximum atomic E-state index is 12.3. The van der Waals surface area contributed by atoms with Gasteiger partial charge >= 0.3 is 0 Å². The third-order valence-corrected chi connectivity index (χ3v) is 7.57. The molecule has 0 aromatic heterocycles. The lowest BCUT2D eigenvalue weighted by Gasteiger charge is -2.14. The van der Waals surface area contributed by atoms with Crippen molar-refractivity contribution < 1.29 is 21.6 Å². The summed E-state index contributed by atoms with van der Waals surface area (Å²) in [5.74, 6) is -0.919. The second-order valence-electron chi connectivity index (χ2n) is 6.31.